The minimum Gasteiger partial charge on any atom is -0.457 e. The van der Waals surface area contributed by atoms with E-state index in [2.05, 4.69) is 0 Å². The van der Waals surface area contributed by atoms with Gasteiger partial charge in [-0.15, -0.1) is 0 Å². The maximum absolute atomic E-state index is 13.5. The normalized spacial score (nSPS) is 13.7. The van der Waals surface area contributed by atoms with Crippen molar-refractivity contribution in [2.45, 2.75) is 24.4 Å². The molecule has 5 rings (SSSR count). The molecule has 0 saturated carbocycles. The SMILES string of the molecule is O=C(CSc1nc2ccccc2c(=O)n1-c1ccc(Oc2ccccc2)cc1)N1CCCCC1. The molecule has 1 saturated heterocycles. The highest BCUT2D eigenvalue weighted by molar-refractivity contribution is 7.99. The van der Waals surface area contributed by atoms with Crippen molar-refractivity contribution in [3.8, 4) is 17.2 Å². The molecule has 34 heavy (non-hydrogen) atoms. The van der Waals surface area contributed by atoms with Gasteiger partial charge in [0.1, 0.15) is 11.5 Å². The van der Waals surface area contributed by atoms with Gasteiger partial charge in [0.15, 0.2) is 5.16 Å². The number of para-hydroxylation sites is 2. The van der Waals surface area contributed by atoms with Gasteiger partial charge in [-0.1, -0.05) is 42.1 Å². The van der Waals surface area contributed by atoms with Crippen molar-refractivity contribution in [2.75, 3.05) is 18.8 Å². The third-order valence-corrected chi connectivity index (χ3v) is 6.78. The van der Waals surface area contributed by atoms with Crippen LogP contribution in [0.5, 0.6) is 11.5 Å². The Morgan fingerprint density at radius 3 is 2.29 bits per heavy atom. The number of aromatic nitrogens is 2. The summed E-state index contributed by atoms with van der Waals surface area (Å²) in [5.41, 5.74) is 1.15. The van der Waals surface area contributed by atoms with E-state index >= 15 is 0 Å². The van der Waals surface area contributed by atoms with Crippen molar-refractivity contribution in [3.05, 3.63) is 89.2 Å². The Morgan fingerprint density at radius 2 is 1.53 bits per heavy atom. The Hall–Kier alpha value is -3.58. The maximum atomic E-state index is 13.5. The van der Waals surface area contributed by atoms with Crippen LogP contribution in [0.15, 0.2) is 88.8 Å². The van der Waals surface area contributed by atoms with Crippen molar-refractivity contribution in [3.63, 3.8) is 0 Å². The smallest absolute Gasteiger partial charge is 0.266 e. The largest absolute Gasteiger partial charge is 0.457 e. The van der Waals surface area contributed by atoms with Crippen LogP contribution < -0.4 is 10.3 Å². The van der Waals surface area contributed by atoms with Crippen LogP contribution in [0, 0.1) is 0 Å². The van der Waals surface area contributed by atoms with Gasteiger partial charge in [-0.3, -0.25) is 14.2 Å². The third-order valence-electron chi connectivity index (χ3n) is 5.85. The minimum atomic E-state index is -0.157. The molecule has 0 spiro atoms. The molecular formula is C27H25N3O3S. The number of amides is 1. The number of ether oxygens (including phenoxy) is 1. The molecule has 0 atom stereocenters. The topological polar surface area (TPSA) is 64.4 Å². The summed E-state index contributed by atoms with van der Waals surface area (Å²) in [6.45, 7) is 1.61. The van der Waals surface area contributed by atoms with Gasteiger partial charge in [-0.25, -0.2) is 4.98 Å². The second-order valence-electron chi connectivity index (χ2n) is 8.19. The molecular weight excluding hydrogens is 446 g/mol. The van der Waals surface area contributed by atoms with Gasteiger partial charge in [-0.2, -0.15) is 0 Å². The number of likely N-dealkylation sites (tertiary alicyclic amines) is 1. The molecule has 0 unspecified atom stereocenters. The Bertz CT molecular complexity index is 1350. The summed E-state index contributed by atoms with van der Waals surface area (Å²) in [7, 11) is 0. The lowest BCUT2D eigenvalue weighted by Gasteiger charge is -2.26. The number of rotatable bonds is 6. The Morgan fingerprint density at radius 1 is 0.853 bits per heavy atom. The number of carbonyl (C=O) groups is 1. The molecule has 0 N–H and O–H groups in total. The fourth-order valence-electron chi connectivity index (χ4n) is 4.09. The van der Waals surface area contributed by atoms with E-state index in [1.165, 1.54) is 18.2 Å². The molecule has 3 aromatic carbocycles. The molecule has 7 heteroatoms. The number of hydrogen-bond acceptors (Lipinski definition) is 5. The zero-order chi connectivity index (χ0) is 23.3. The quantitative estimate of drug-likeness (QED) is 0.283. The van der Waals surface area contributed by atoms with Gasteiger partial charge in [0, 0.05) is 13.1 Å². The van der Waals surface area contributed by atoms with Crippen LogP contribution in [0.4, 0.5) is 0 Å². The lowest BCUT2D eigenvalue weighted by molar-refractivity contribution is -0.129. The summed E-state index contributed by atoms with van der Waals surface area (Å²) in [4.78, 5) is 32.9. The number of hydrogen-bond donors (Lipinski definition) is 0. The van der Waals surface area contributed by atoms with E-state index in [-0.39, 0.29) is 17.2 Å². The molecule has 1 fully saturated rings. The average molecular weight is 472 g/mol. The number of piperidine rings is 1. The van der Waals surface area contributed by atoms with E-state index in [1.807, 2.05) is 77.7 Å². The summed E-state index contributed by atoms with van der Waals surface area (Å²) in [5.74, 6) is 1.75. The molecule has 1 aliphatic rings. The van der Waals surface area contributed by atoms with Crippen molar-refractivity contribution in [1.29, 1.82) is 0 Å². The summed E-state index contributed by atoms with van der Waals surface area (Å²) in [5, 5.41) is 1.05. The Balaban J connectivity index is 1.46. The van der Waals surface area contributed by atoms with Crippen LogP contribution >= 0.6 is 11.8 Å². The first kappa shape index (κ1) is 22.2. The summed E-state index contributed by atoms with van der Waals surface area (Å²) >= 11 is 1.31. The Kier molecular flexibility index (Phi) is 6.62. The summed E-state index contributed by atoms with van der Waals surface area (Å²) in [6, 6.07) is 24.2. The van der Waals surface area contributed by atoms with Crippen LogP contribution in [0.1, 0.15) is 19.3 Å². The van der Waals surface area contributed by atoms with Gasteiger partial charge in [0.25, 0.3) is 5.56 Å². The summed E-state index contributed by atoms with van der Waals surface area (Å²) < 4.78 is 7.47. The molecule has 6 nitrogen and oxygen atoms in total. The van der Waals surface area contributed by atoms with E-state index in [0.717, 1.165) is 31.7 Å². The second kappa shape index (κ2) is 10.1. The molecule has 0 aliphatic carbocycles. The lowest BCUT2D eigenvalue weighted by Crippen LogP contribution is -2.36. The van der Waals surface area contributed by atoms with Crippen LogP contribution in [-0.2, 0) is 4.79 Å². The predicted molar refractivity (Wildman–Crippen MR) is 135 cm³/mol. The highest BCUT2D eigenvalue weighted by atomic mass is 32.2. The Labute approximate surface area is 202 Å². The van der Waals surface area contributed by atoms with Gasteiger partial charge in [0.2, 0.25) is 5.91 Å². The van der Waals surface area contributed by atoms with Crippen LogP contribution in [0.3, 0.4) is 0 Å². The number of benzene rings is 3. The summed E-state index contributed by atoms with van der Waals surface area (Å²) in [6.07, 6.45) is 3.27. The van der Waals surface area contributed by atoms with Crippen molar-refractivity contribution in [1.82, 2.24) is 14.5 Å². The fraction of sp³-hybridized carbons (Fsp3) is 0.222. The molecule has 2 heterocycles. The first-order chi connectivity index (χ1) is 16.7. The lowest BCUT2D eigenvalue weighted by atomic mass is 10.1. The highest BCUT2D eigenvalue weighted by Gasteiger charge is 2.19. The van der Waals surface area contributed by atoms with E-state index < -0.39 is 0 Å². The first-order valence-corrected chi connectivity index (χ1v) is 12.4. The third kappa shape index (κ3) is 4.84. The average Bonchev–Trinajstić information content (AvgIpc) is 2.89. The van der Waals surface area contributed by atoms with Gasteiger partial charge in [0.05, 0.1) is 22.3 Å². The molecule has 1 aliphatic heterocycles. The minimum absolute atomic E-state index is 0.0882. The number of carbonyl (C=O) groups excluding carboxylic acids is 1. The molecule has 1 aromatic heterocycles. The zero-order valence-corrected chi connectivity index (χ0v) is 19.5. The van der Waals surface area contributed by atoms with E-state index in [4.69, 9.17) is 9.72 Å². The van der Waals surface area contributed by atoms with Crippen molar-refractivity contribution in [2.24, 2.45) is 0 Å². The van der Waals surface area contributed by atoms with E-state index in [0.29, 0.717) is 27.5 Å². The predicted octanol–water partition coefficient (Wildman–Crippen LogP) is 5.28. The number of nitrogens with zero attached hydrogens (tertiary/aromatic N) is 3. The van der Waals surface area contributed by atoms with Gasteiger partial charge >= 0.3 is 0 Å². The maximum Gasteiger partial charge on any atom is 0.266 e. The first-order valence-electron chi connectivity index (χ1n) is 11.4. The van der Waals surface area contributed by atoms with E-state index in [9.17, 15) is 9.59 Å². The second-order valence-corrected chi connectivity index (χ2v) is 9.13. The monoisotopic (exact) mass is 471 g/mol. The van der Waals surface area contributed by atoms with E-state index in [1.54, 1.807) is 10.6 Å². The fourth-order valence-corrected chi connectivity index (χ4v) is 5.00. The zero-order valence-electron chi connectivity index (χ0n) is 18.7. The molecule has 4 aromatic rings. The molecule has 1 amide bonds. The van der Waals surface area contributed by atoms with Crippen LogP contribution in [0.2, 0.25) is 0 Å². The number of thioether (sulfide) groups is 1. The standard InChI is InChI=1S/C27H25N3O3S/c31-25(29-17-7-2-8-18-29)19-34-27-28-24-12-6-5-11-23(24)26(32)30(27)20-13-15-22(16-14-20)33-21-9-3-1-4-10-21/h1,3-6,9-16H,2,7-8,17-19H2. The molecule has 0 radical (unpaired) electrons. The van der Waals surface area contributed by atoms with Crippen LogP contribution in [-0.4, -0.2) is 39.2 Å². The molecule has 172 valence electrons. The molecule has 0 bridgehead atoms. The highest BCUT2D eigenvalue weighted by Crippen LogP contribution is 2.25. The van der Waals surface area contributed by atoms with Crippen LogP contribution in [0.25, 0.3) is 16.6 Å². The van der Waals surface area contributed by atoms with Gasteiger partial charge in [-0.05, 0) is 67.8 Å². The van der Waals surface area contributed by atoms with Crippen molar-refractivity contribution >= 4 is 28.6 Å². The van der Waals surface area contributed by atoms with Crippen molar-refractivity contribution < 1.29 is 9.53 Å². The number of fused-ring (bicyclic) bond motifs is 1. The van der Waals surface area contributed by atoms with Gasteiger partial charge < -0.3 is 9.64 Å².